The van der Waals surface area contributed by atoms with Crippen molar-refractivity contribution >= 4 is 34.5 Å². The number of aliphatic hydroxyl groups excluding tert-OH is 1. The lowest BCUT2D eigenvalue weighted by Crippen LogP contribution is -2.29. The third-order valence-electron chi connectivity index (χ3n) is 5.36. The Labute approximate surface area is 190 Å². The van der Waals surface area contributed by atoms with Crippen LogP contribution in [0.25, 0.3) is 5.76 Å². The van der Waals surface area contributed by atoms with E-state index in [0.717, 1.165) is 10.4 Å². The van der Waals surface area contributed by atoms with Gasteiger partial charge in [0.05, 0.1) is 19.3 Å². The average molecular weight is 450 g/mol. The van der Waals surface area contributed by atoms with Crippen molar-refractivity contribution in [1.82, 2.24) is 0 Å². The number of Topliss-reactive ketones (excluding diaryl/α,β-unsaturated/α-hetero) is 1. The predicted molar refractivity (Wildman–Crippen MR) is 124 cm³/mol. The summed E-state index contributed by atoms with van der Waals surface area (Å²) in [7, 11) is 1.54. The Bertz CT molecular complexity index is 1200. The number of aliphatic hydroxyl groups is 1. The van der Waals surface area contributed by atoms with E-state index < -0.39 is 17.7 Å². The Balaban J connectivity index is 1.89. The van der Waals surface area contributed by atoms with Crippen LogP contribution in [0.4, 0.5) is 5.69 Å². The zero-order valence-electron chi connectivity index (χ0n) is 18.0. The fourth-order valence-electron chi connectivity index (χ4n) is 3.80. The van der Waals surface area contributed by atoms with Gasteiger partial charge in [0.1, 0.15) is 23.3 Å². The molecule has 0 bridgehead atoms. The van der Waals surface area contributed by atoms with Crippen molar-refractivity contribution < 1.29 is 24.2 Å². The molecule has 0 saturated carbocycles. The van der Waals surface area contributed by atoms with Crippen LogP contribution in [-0.4, -0.2) is 30.5 Å². The van der Waals surface area contributed by atoms with Crippen LogP contribution >= 0.6 is 11.3 Å². The van der Waals surface area contributed by atoms with Crippen molar-refractivity contribution in [1.29, 1.82) is 0 Å². The lowest BCUT2D eigenvalue weighted by molar-refractivity contribution is -0.132. The molecule has 6 nitrogen and oxygen atoms in total. The van der Waals surface area contributed by atoms with Crippen LogP contribution in [0.3, 0.4) is 0 Å². The summed E-state index contributed by atoms with van der Waals surface area (Å²) in [6.07, 6.45) is 0. The number of hydrogen-bond acceptors (Lipinski definition) is 6. The van der Waals surface area contributed by atoms with Gasteiger partial charge in [-0.05, 0) is 67.3 Å². The third-order valence-corrected chi connectivity index (χ3v) is 6.44. The van der Waals surface area contributed by atoms with Crippen LogP contribution in [0.15, 0.2) is 65.6 Å². The summed E-state index contributed by atoms with van der Waals surface area (Å²) in [5.41, 5.74) is 1.96. The average Bonchev–Trinajstić information content (AvgIpc) is 3.34. The van der Waals surface area contributed by atoms with E-state index in [1.165, 1.54) is 16.2 Å². The molecule has 164 valence electrons. The Morgan fingerprint density at radius 3 is 2.47 bits per heavy atom. The highest BCUT2D eigenvalue weighted by Gasteiger charge is 2.48. The fourth-order valence-corrected chi connectivity index (χ4v) is 4.83. The highest BCUT2D eigenvalue weighted by Crippen LogP contribution is 2.45. The second-order valence-corrected chi connectivity index (χ2v) is 8.24. The largest absolute Gasteiger partial charge is 0.507 e. The van der Waals surface area contributed by atoms with Crippen molar-refractivity contribution in [3.8, 4) is 11.5 Å². The van der Waals surface area contributed by atoms with Gasteiger partial charge in [-0.15, -0.1) is 11.3 Å². The fraction of sp³-hybridized carbons (Fsp3) is 0.200. The molecule has 1 fully saturated rings. The first-order valence-corrected chi connectivity index (χ1v) is 11.1. The van der Waals surface area contributed by atoms with E-state index >= 15 is 0 Å². The number of rotatable bonds is 6. The molecule has 0 spiro atoms. The molecule has 2 aromatic carbocycles. The van der Waals surface area contributed by atoms with Crippen molar-refractivity contribution in [3.63, 3.8) is 0 Å². The second-order valence-electron chi connectivity index (χ2n) is 7.30. The van der Waals surface area contributed by atoms with Crippen molar-refractivity contribution in [2.45, 2.75) is 19.9 Å². The SMILES string of the molecule is CCOc1ccc(/C(O)=C2/C(=O)C(=O)N(c3cccc(OC)c3)C2c2sccc2C)cc1. The first-order valence-electron chi connectivity index (χ1n) is 10.2. The molecule has 2 heterocycles. The van der Waals surface area contributed by atoms with E-state index in [1.54, 1.807) is 55.6 Å². The number of amides is 1. The molecule has 32 heavy (non-hydrogen) atoms. The van der Waals surface area contributed by atoms with E-state index in [0.29, 0.717) is 29.4 Å². The number of ketones is 1. The third kappa shape index (κ3) is 3.76. The number of carbonyl (C=O) groups is 2. The van der Waals surface area contributed by atoms with Crippen molar-refractivity contribution in [3.05, 3.63) is 81.6 Å². The highest BCUT2D eigenvalue weighted by molar-refractivity contribution is 7.10. The zero-order valence-corrected chi connectivity index (χ0v) is 18.8. The lowest BCUT2D eigenvalue weighted by Gasteiger charge is -2.25. The van der Waals surface area contributed by atoms with Crippen LogP contribution in [0.1, 0.15) is 29.0 Å². The summed E-state index contributed by atoms with van der Waals surface area (Å²) in [6, 6.07) is 15.0. The molecular weight excluding hydrogens is 426 g/mol. The van der Waals surface area contributed by atoms with E-state index in [9.17, 15) is 14.7 Å². The number of nitrogens with zero attached hydrogens (tertiary/aromatic N) is 1. The first-order chi connectivity index (χ1) is 15.5. The highest BCUT2D eigenvalue weighted by atomic mass is 32.1. The van der Waals surface area contributed by atoms with Gasteiger partial charge in [-0.3, -0.25) is 14.5 Å². The molecule has 1 aromatic heterocycles. The maximum Gasteiger partial charge on any atom is 0.300 e. The topological polar surface area (TPSA) is 76.1 Å². The van der Waals surface area contributed by atoms with Crippen LogP contribution < -0.4 is 14.4 Å². The summed E-state index contributed by atoms with van der Waals surface area (Å²) >= 11 is 1.44. The Morgan fingerprint density at radius 2 is 1.84 bits per heavy atom. The van der Waals surface area contributed by atoms with Gasteiger partial charge in [0.2, 0.25) is 0 Å². The Kier molecular flexibility index (Phi) is 6.01. The molecule has 1 aliphatic rings. The molecule has 1 aliphatic heterocycles. The summed E-state index contributed by atoms with van der Waals surface area (Å²) in [4.78, 5) is 28.6. The van der Waals surface area contributed by atoms with Crippen LogP contribution in [0.5, 0.6) is 11.5 Å². The number of thiophene rings is 1. The molecule has 4 rings (SSSR count). The minimum Gasteiger partial charge on any atom is -0.507 e. The zero-order chi connectivity index (χ0) is 22.8. The van der Waals surface area contributed by atoms with E-state index in [1.807, 2.05) is 25.3 Å². The normalized spacial score (nSPS) is 17.6. The molecular formula is C25H23NO5S. The molecule has 1 saturated heterocycles. The molecule has 1 N–H and O–H groups in total. The molecule has 1 atom stereocenters. The summed E-state index contributed by atoms with van der Waals surface area (Å²) in [5.74, 6) is -0.403. The van der Waals surface area contributed by atoms with Gasteiger partial charge < -0.3 is 14.6 Å². The standard InChI is InChI=1S/C25H23NO5S/c1-4-31-18-10-8-16(9-11-18)22(27)20-21(24-15(2)12-13-32-24)26(25(29)23(20)28)17-6-5-7-19(14-17)30-3/h5-14,21,27H,4H2,1-3H3/b22-20-. The molecule has 0 radical (unpaired) electrons. The number of ether oxygens (including phenoxy) is 2. The quantitative estimate of drug-likeness (QED) is 0.322. The van der Waals surface area contributed by atoms with Gasteiger partial charge in [0, 0.05) is 22.2 Å². The first kappa shape index (κ1) is 21.6. The van der Waals surface area contributed by atoms with Gasteiger partial charge in [-0.25, -0.2) is 0 Å². The number of methoxy groups -OCH3 is 1. The van der Waals surface area contributed by atoms with E-state index in [2.05, 4.69) is 0 Å². The number of aryl methyl sites for hydroxylation is 1. The van der Waals surface area contributed by atoms with Crippen LogP contribution in [-0.2, 0) is 9.59 Å². The summed E-state index contributed by atoms with van der Waals surface area (Å²) < 4.78 is 10.8. The Hall–Kier alpha value is -3.58. The van der Waals surface area contributed by atoms with E-state index in [4.69, 9.17) is 9.47 Å². The minimum absolute atomic E-state index is 0.0625. The van der Waals surface area contributed by atoms with Crippen LogP contribution in [0.2, 0.25) is 0 Å². The van der Waals surface area contributed by atoms with Crippen LogP contribution in [0, 0.1) is 6.92 Å². The summed E-state index contributed by atoms with van der Waals surface area (Å²) in [6.45, 7) is 4.33. The van der Waals surface area contributed by atoms with Gasteiger partial charge in [0.25, 0.3) is 11.7 Å². The smallest absolute Gasteiger partial charge is 0.300 e. The number of benzene rings is 2. The van der Waals surface area contributed by atoms with Gasteiger partial charge in [-0.1, -0.05) is 6.07 Å². The Morgan fingerprint density at radius 1 is 1.09 bits per heavy atom. The van der Waals surface area contributed by atoms with E-state index in [-0.39, 0.29) is 11.3 Å². The number of hydrogen-bond donors (Lipinski definition) is 1. The van der Waals surface area contributed by atoms with Gasteiger partial charge in [0.15, 0.2) is 0 Å². The molecule has 7 heteroatoms. The maximum absolute atomic E-state index is 13.2. The minimum atomic E-state index is -0.742. The lowest BCUT2D eigenvalue weighted by atomic mass is 9.98. The van der Waals surface area contributed by atoms with Gasteiger partial charge >= 0.3 is 0 Å². The van der Waals surface area contributed by atoms with Crippen molar-refractivity contribution in [2.75, 3.05) is 18.6 Å². The predicted octanol–water partition coefficient (Wildman–Crippen LogP) is 5.09. The van der Waals surface area contributed by atoms with Gasteiger partial charge in [-0.2, -0.15) is 0 Å². The molecule has 1 unspecified atom stereocenters. The molecule has 1 amide bonds. The van der Waals surface area contributed by atoms with Crippen molar-refractivity contribution in [2.24, 2.45) is 0 Å². The molecule has 3 aromatic rings. The number of carbonyl (C=O) groups excluding carboxylic acids is 2. The monoisotopic (exact) mass is 449 g/mol. The number of anilines is 1. The molecule has 0 aliphatic carbocycles. The second kappa shape index (κ2) is 8.88. The summed E-state index contributed by atoms with van der Waals surface area (Å²) in [5, 5.41) is 13.1. The maximum atomic E-state index is 13.2.